The number of carbonyl (C=O) groups is 2. The van der Waals surface area contributed by atoms with Crippen LogP contribution in [0.4, 0.5) is 5.69 Å². The van der Waals surface area contributed by atoms with Crippen LogP contribution >= 0.6 is 11.8 Å². The van der Waals surface area contributed by atoms with Gasteiger partial charge in [0.05, 0.1) is 11.8 Å². The standard InChI is InChI=1S/C22H25N5O2S/c1-14-9-8-10-15(2)19(14)24-18(28)13-23-21(29)16(3)30-22-26-25-20(27(22)4)17-11-6-5-7-12-17/h5-12,16H,13H2,1-4H3,(H,23,29)(H,24,28). The largest absolute Gasteiger partial charge is 0.346 e. The summed E-state index contributed by atoms with van der Waals surface area (Å²) in [5, 5.41) is 14.2. The molecule has 2 N–H and O–H groups in total. The van der Waals surface area contributed by atoms with E-state index in [9.17, 15) is 9.59 Å². The molecule has 7 nitrogen and oxygen atoms in total. The Bertz CT molecular complexity index is 1030. The summed E-state index contributed by atoms with van der Waals surface area (Å²) in [4.78, 5) is 24.7. The van der Waals surface area contributed by atoms with Crippen LogP contribution in [-0.2, 0) is 16.6 Å². The van der Waals surface area contributed by atoms with Crippen LogP contribution in [0.2, 0.25) is 0 Å². The molecule has 0 saturated heterocycles. The van der Waals surface area contributed by atoms with E-state index in [1.165, 1.54) is 11.8 Å². The summed E-state index contributed by atoms with van der Waals surface area (Å²) in [6, 6.07) is 15.6. The van der Waals surface area contributed by atoms with Gasteiger partial charge < -0.3 is 15.2 Å². The van der Waals surface area contributed by atoms with E-state index in [1.807, 2.05) is 74.0 Å². The van der Waals surface area contributed by atoms with Gasteiger partial charge in [0.15, 0.2) is 11.0 Å². The first-order valence-corrected chi connectivity index (χ1v) is 10.5. The van der Waals surface area contributed by atoms with E-state index in [2.05, 4.69) is 20.8 Å². The smallest absolute Gasteiger partial charge is 0.243 e. The summed E-state index contributed by atoms with van der Waals surface area (Å²) in [5.74, 6) is 0.238. The molecule has 8 heteroatoms. The molecule has 0 aliphatic rings. The average Bonchev–Trinajstić information content (AvgIpc) is 3.09. The van der Waals surface area contributed by atoms with Crippen LogP contribution < -0.4 is 10.6 Å². The quantitative estimate of drug-likeness (QED) is 0.569. The van der Waals surface area contributed by atoms with E-state index in [-0.39, 0.29) is 18.4 Å². The Morgan fingerprint density at radius 3 is 2.37 bits per heavy atom. The fourth-order valence-corrected chi connectivity index (χ4v) is 3.81. The maximum atomic E-state index is 12.5. The second kappa shape index (κ2) is 9.58. The first-order valence-electron chi connectivity index (χ1n) is 9.62. The van der Waals surface area contributed by atoms with Gasteiger partial charge in [-0.1, -0.05) is 60.3 Å². The lowest BCUT2D eigenvalue weighted by atomic mass is 10.1. The van der Waals surface area contributed by atoms with Crippen molar-refractivity contribution in [1.29, 1.82) is 0 Å². The van der Waals surface area contributed by atoms with Crippen LogP contribution in [0.3, 0.4) is 0 Å². The van der Waals surface area contributed by atoms with E-state index in [1.54, 1.807) is 6.92 Å². The third-order valence-electron chi connectivity index (χ3n) is 4.69. The van der Waals surface area contributed by atoms with Crippen LogP contribution in [-0.4, -0.2) is 38.4 Å². The number of para-hydroxylation sites is 1. The number of aromatic nitrogens is 3. The van der Waals surface area contributed by atoms with Crippen molar-refractivity contribution in [3.63, 3.8) is 0 Å². The molecule has 0 aliphatic carbocycles. The summed E-state index contributed by atoms with van der Waals surface area (Å²) < 4.78 is 1.86. The minimum absolute atomic E-state index is 0.0917. The molecule has 3 aromatic rings. The number of carbonyl (C=O) groups excluding carboxylic acids is 2. The number of amides is 2. The number of nitrogens with one attached hydrogen (secondary N) is 2. The number of nitrogens with zero attached hydrogens (tertiary/aromatic N) is 3. The molecule has 1 atom stereocenters. The van der Waals surface area contributed by atoms with Crippen molar-refractivity contribution in [3.05, 3.63) is 59.7 Å². The van der Waals surface area contributed by atoms with Gasteiger partial charge in [0.1, 0.15) is 0 Å². The Morgan fingerprint density at radius 2 is 1.70 bits per heavy atom. The number of thioether (sulfide) groups is 1. The molecular formula is C22H25N5O2S. The van der Waals surface area contributed by atoms with Crippen molar-refractivity contribution in [3.8, 4) is 11.4 Å². The van der Waals surface area contributed by atoms with Gasteiger partial charge in [0, 0.05) is 18.3 Å². The molecule has 0 fully saturated rings. The third-order valence-corrected chi connectivity index (χ3v) is 5.82. The Hall–Kier alpha value is -3.13. The summed E-state index contributed by atoms with van der Waals surface area (Å²) in [6.07, 6.45) is 0. The topological polar surface area (TPSA) is 88.9 Å². The molecular weight excluding hydrogens is 398 g/mol. The second-order valence-electron chi connectivity index (χ2n) is 7.02. The molecule has 0 spiro atoms. The van der Waals surface area contributed by atoms with Gasteiger partial charge in [-0.15, -0.1) is 10.2 Å². The molecule has 3 rings (SSSR count). The van der Waals surface area contributed by atoms with E-state index >= 15 is 0 Å². The van der Waals surface area contributed by atoms with Gasteiger partial charge in [-0.3, -0.25) is 9.59 Å². The van der Waals surface area contributed by atoms with Crippen molar-refractivity contribution < 1.29 is 9.59 Å². The first kappa shape index (κ1) is 21.6. The third kappa shape index (κ3) is 5.07. The monoisotopic (exact) mass is 423 g/mol. The van der Waals surface area contributed by atoms with Gasteiger partial charge >= 0.3 is 0 Å². The summed E-state index contributed by atoms with van der Waals surface area (Å²) in [6.45, 7) is 5.56. The van der Waals surface area contributed by atoms with Gasteiger partial charge in [-0.05, 0) is 31.9 Å². The molecule has 0 bridgehead atoms. The molecule has 0 radical (unpaired) electrons. The zero-order valence-corrected chi connectivity index (χ0v) is 18.3. The Labute approximate surface area is 180 Å². The predicted molar refractivity (Wildman–Crippen MR) is 119 cm³/mol. The zero-order valence-electron chi connectivity index (χ0n) is 17.5. The van der Waals surface area contributed by atoms with Crippen LogP contribution in [0.15, 0.2) is 53.7 Å². The molecule has 2 amide bonds. The highest BCUT2D eigenvalue weighted by molar-refractivity contribution is 8.00. The Kier molecular flexibility index (Phi) is 6.89. The molecule has 156 valence electrons. The second-order valence-corrected chi connectivity index (χ2v) is 8.33. The highest BCUT2D eigenvalue weighted by atomic mass is 32.2. The number of benzene rings is 2. The van der Waals surface area contributed by atoms with Gasteiger partial charge in [-0.2, -0.15) is 0 Å². The van der Waals surface area contributed by atoms with E-state index in [0.29, 0.717) is 5.16 Å². The lowest BCUT2D eigenvalue weighted by molar-refractivity contribution is -0.123. The molecule has 1 aromatic heterocycles. The summed E-state index contributed by atoms with van der Waals surface area (Å²) >= 11 is 1.30. The number of rotatable bonds is 7. The van der Waals surface area contributed by atoms with Crippen LogP contribution in [0.25, 0.3) is 11.4 Å². The molecule has 0 saturated carbocycles. The summed E-state index contributed by atoms with van der Waals surface area (Å²) in [7, 11) is 1.87. The highest BCUT2D eigenvalue weighted by Gasteiger charge is 2.20. The van der Waals surface area contributed by atoms with E-state index < -0.39 is 5.25 Å². The zero-order chi connectivity index (χ0) is 21.7. The number of anilines is 1. The molecule has 2 aromatic carbocycles. The van der Waals surface area contributed by atoms with Crippen molar-refractivity contribution in [2.24, 2.45) is 7.05 Å². The minimum atomic E-state index is -0.426. The SMILES string of the molecule is Cc1cccc(C)c1NC(=O)CNC(=O)C(C)Sc1nnc(-c2ccccc2)n1C. The highest BCUT2D eigenvalue weighted by Crippen LogP contribution is 2.25. The van der Waals surface area contributed by atoms with E-state index in [4.69, 9.17) is 0 Å². The number of hydrogen-bond donors (Lipinski definition) is 2. The average molecular weight is 424 g/mol. The number of aryl methyl sites for hydroxylation is 2. The van der Waals surface area contributed by atoms with Crippen molar-refractivity contribution in [2.45, 2.75) is 31.2 Å². The van der Waals surface area contributed by atoms with Crippen molar-refractivity contribution in [2.75, 3.05) is 11.9 Å². The fraction of sp³-hybridized carbons (Fsp3) is 0.273. The minimum Gasteiger partial charge on any atom is -0.346 e. The predicted octanol–water partition coefficient (Wildman–Crippen LogP) is 3.33. The van der Waals surface area contributed by atoms with Crippen molar-refractivity contribution in [1.82, 2.24) is 20.1 Å². The summed E-state index contributed by atoms with van der Waals surface area (Å²) in [5.41, 5.74) is 3.71. The lowest BCUT2D eigenvalue weighted by Crippen LogP contribution is -2.37. The molecule has 1 heterocycles. The molecule has 1 unspecified atom stereocenters. The van der Waals surface area contributed by atoms with Gasteiger partial charge in [0.2, 0.25) is 11.8 Å². The Morgan fingerprint density at radius 1 is 1.03 bits per heavy atom. The fourth-order valence-electron chi connectivity index (χ4n) is 2.97. The Balaban J connectivity index is 1.55. The maximum absolute atomic E-state index is 12.5. The van der Waals surface area contributed by atoms with Crippen molar-refractivity contribution >= 4 is 29.3 Å². The van der Waals surface area contributed by atoms with Crippen LogP contribution in [0, 0.1) is 13.8 Å². The lowest BCUT2D eigenvalue weighted by Gasteiger charge is -2.14. The molecule has 30 heavy (non-hydrogen) atoms. The number of hydrogen-bond acceptors (Lipinski definition) is 5. The molecule has 0 aliphatic heterocycles. The normalized spacial score (nSPS) is 11.7. The van der Waals surface area contributed by atoms with Gasteiger partial charge in [0.25, 0.3) is 0 Å². The van der Waals surface area contributed by atoms with Gasteiger partial charge in [-0.25, -0.2) is 0 Å². The maximum Gasteiger partial charge on any atom is 0.243 e. The van der Waals surface area contributed by atoms with Crippen LogP contribution in [0.1, 0.15) is 18.1 Å². The first-order chi connectivity index (χ1) is 14.4. The van der Waals surface area contributed by atoms with Crippen LogP contribution in [0.5, 0.6) is 0 Å². The van der Waals surface area contributed by atoms with E-state index in [0.717, 1.165) is 28.2 Å².